The predicted octanol–water partition coefficient (Wildman–Crippen LogP) is 5.00. The van der Waals surface area contributed by atoms with E-state index in [4.69, 9.17) is 0 Å². The van der Waals surface area contributed by atoms with Crippen LogP contribution in [0.1, 0.15) is 58.9 Å². The third-order valence-electron chi connectivity index (χ3n) is 5.62. The lowest BCUT2D eigenvalue weighted by Crippen LogP contribution is -2.08. The molecular weight excluding hydrogens is 366 g/mol. The maximum Gasteiger partial charge on any atom is 0.196 e. The van der Waals surface area contributed by atoms with Crippen LogP contribution in [0.5, 0.6) is 0 Å². The summed E-state index contributed by atoms with van der Waals surface area (Å²) in [5, 5.41) is 9.66. The van der Waals surface area contributed by atoms with E-state index in [-0.39, 0.29) is 5.78 Å². The van der Waals surface area contributed by atoms with Gasteiger partial charge in [-0.3, -0.25) is 9.36 Å². The van der Waals surface area contributed by atoms with Crippen molar-refractivity contribution in [2.24, 2.45) is 0 Å². The Bertz CT molecular complexity index is 1010. The van der Waals surface area contributed by atoms with Crippen molar-refractivity contribution in [3.8, 4) is 5.69 Å². The summed E-state index contributed by atoms with van der Waals surface area (Å²) in [6.45, 7) is 0. The van der Waals surface area contributed by atoms with Gasteiger partial charge in [-0.2, -0.15) is 0 Å². The molecule has 0 spiro atoms. The fourth-order valence-corrected chi connectivity index (χ4v) is 4.77. The standard InChI is InChI=1S/C23H23N3OS/c27-21(19-13-10-16-6-4-5-7-18(16)14-19)15-28-23-25-24-22(17-11-12-17)26(23)20-8-2-1-3-9-20/h1-3,8-10,13-14,17H,4-7,11-12,15H2. The van der Waals surface area contributed by atoms with E-state index in [2.05, 4.69) is 39.0 Å². The summed E-state index contributed by atoms with van der Waals surface area (Å²) in [5.41, 5.74) is 4.65. The number of hydrogen-bond acceptors (Lipinski definition) is 4. The lowest BCUT2D eigenvalue weighted by molar-refractivity contribution is 0.102. The van der Waals surface area contributed by atoms with Crippen LogP contribution >= 0.6 is 11.8 Å². The van der Waals surface area contributed by atoms with Crippen molar-refractivity contribution < 1.29 is 4.79 Å². The third-order valence-corrected chi connectivity index (χ3v) is 6.55. The van der Waals surface area contributed by atoms with Crippen LogP contribution in [0, 0.1) is 0 Å². The summed E-state index contributed by atoms with van der Waals surface area (Å²) in [5.74, 6) is 2.07. The van der Waals surface area contributed by atoms with E-state index in [9.17, 15) is 4.79 Å². The van der Waals surface area contributed by atoms with Crippen molar-refractivity contribution in [1.82, 2.24) is 14.8 Å². The first-order valence-corrected chi connectivity index (χ1v) is 11.1. The van der Waals surface area contributed by atoms with Gasteiger partial charge in [0.25, 0.3) is 0 Å². The van der Waals surface area contributed by atoms with E-state index >= 15 is 0 Å². The average Bonchev–Trinajstić information content (AvgIpc) is 3.51. The van der Waals surface area contributed by atoms with Gasteiger partial charge in [-0.1, -0.05) is 42.1 Å². The number of rotatable bonds is 6. The minimum atomic E-state index is 0.161. The molecule has 5 heteroatoms. The number of hydrogen-bond donors (Lipinski definition) is 0. The predicted molar refractivity (Wildman–Crippen MR) is 111 cm³/mol. The minimum absolute atomic E-state index is 0.161. The molecule has 0 bridgehead atoms. The molecule has 2 aliphatic rings. The van der Waals surface area contributed by atoms with Gasteiger partial charge < -0.3 is 0 Å². The van der Waals surface area contributed by atoms with Crippen molar-refractivity contribution in [3.05, 3.63) is 71.0 Å². The van der Waals surface area contributed by atoms with Crippen molar-refractivity contribution in [3.63, 3.8) is 0 Å². The van der Waals surface area contributed by atoms with Gasteiger partial charge in [-0.25, -0.2) is 0 Å². The van der Waals surface area contributed by atoms with Gasteiger partial charge in [0.1, 0.15) is 5.82 Å². The molecule has 0 atom stereocenters. The van der Waals surface area contributed by atoms with Gasteiger partial charge in [-0.05, 0) is 67.9 Å². The number of Topliss-reactive ketones (excluding diaryl/α,β-unsaturated/α-hetero) is 1. The minimum Gasteiger partial charge on any atom is -0.293 e. The maximum atomic E-state index is 12.8. The normalized spacial score (nSPS) is 16.0. The molecule has 0 unspecified atom stereocenters. The number of ketones is 1. The van der Waals surface area contributed by atoms with Crippen molar-refractivity contribution in [2.75, 3.05) is 5.75 Å². The lowest BCUT2D eigenvalue weighted by Gasteiger charge is -2.16. The quantitative estimate of drug-likeness (QED) is 0.440. The molecule has 28 heavy (non-hydrogen) atoms. The highest BCUT2D eigenvalue weighted by atomic mass is 32.2. The molecule has 1 heterocycles. The van der Waals surface area contributed by atoms with Gasteiger partial charge in [0.15, 0.2) is 10.9 Å². The molecule has 3 aromatic rings. The maximum absolute atomic E-state index is 12.8. The fraction of sp³-hybridized carbons (Fsp3) is 0.348. The number of carbonyl (C=O) groups is 1. The summed E-state index contributed by atoms with van der Waals surface area (Å²) in [7, 11) is 0. The Hall–Kier alpha value is -2.40. The van der Waals surface area contributed by atoms with Crippen LogP contribution < -0.4 is 0 Å². The third kappa shape index (κ3) is 3.51. The second kappa shape index (κ2) is 7.55. The monoisotopic (exact) mass is 389 g/mol. The molecule has 1 aromatic heterocycles. The number of benzene rings is 2. The number of nitrogens with zero attached hydrogens (tertiary/aromatic N) is 3. The SMILES string of the molecule is O=C(CSc1nnc(C2CC2)n1-c1ccccc1)c1ccc2c(c1)CCCC2. The number of fused-ring (bicyclic) bond motifs is 1. The Morgan fingerprint density at radius 2 is 1.79 bits per heavy atom. The first kappa shape index (κ1) is 17.7. The van der Waals surface area contributed by atoms with Gasteiger partial charge in [0, 0.05) is 17.2 Å². The number of aryl methyl sites for hydroxylation is 2. The zero-order valence-corrected chi connectivity index (χ0v) is 16.6. The van der Waals surface area contributed by atoms with E-state index in [0.717, 1.165) is 35.1 Å². The Labute approximate surface area is 169 Å². The van der Waals surface area contributed by atoms with Crippen LogP contribution in [0.2, 0.25) is 0 Å². The van der Waals surface area contributed by atoms with E-state index in [1.54, 1.807) is 0 Å². The number of para-hydroxylation sites is 1. The van der Waals surface area contributed by atoms with Crippen molar-refractivity contribution in [2.45, 2.75) is 49.6 Å². The van der Waals surface area contributed by atoms with Gasteiger partial charge in [-0.15, -0.1) is 10.2 Å². The van der Waals surface area contributed by atoms with Crippen molar-refractivity contribution >= 4 is 17.5 Å². The summed E-state index contributed by atoms with van der Waals surface area (Å²) in [4.78, 5) is 12.8. The number of aromatic nitrogens is 3. The molecule has 5 rings (SSSR count). The molecule has 1 saturated carbocycles. The number of thioether (sulfide) groups is 1. The summed E-state index contributed by atoms with van der Waals surface area (Å²) in [6, 6.07) is 16.5. The highest BCUT2D eigenvalue weighted by Gasteiger charge is 2.31. The van der Waals surface area contributed by atoms with Gasteiger partial charge >= 0.3 is 0 Å². The van der Waals surface area contributed by atoms with Crippen LogP contribution in [0.4, 0.5) is 0 Å². The highest BCUT2D eigenvalue weighted by molar-refractivity contribution is 7.99. The summed E-state index contributed by atoms with van der Waals surface area (Å²) in [6.07, 6.45) is 7.06. The Morgan fingerprint density at radius 1 is 1.00 bits per heavy atom. The van der Waals surface area contributed by atoms with Crippen LogP contribution in [-0.2, 0) is 12.8 Å². The second-order valence-corrected chi connectivity index (χ2v) is 8.63. The summed E-state index contributed by atoms with van der Waals surface area (Å²) >= 11 is 1.49. The zero-order chi connectivity index (χ0) is 18.9. The summed E-state index contributed by atoms with van der Waals surface area (Å²) < 4.78 is 2.13. The largest absolute Gasteiger partial charge is 0.293 e. The second-order valence-electron chi connectivity index (χ2n) is 7.69. The Morgan fingerprint density at radius 3 is 2.57 bits per heavy atom. The molecule has 2 aliphatic carbocycles. The fourth-order valence-electron chi connectivity index (χ4n) is 3.92. The van der Waals surface area contributed by atoms with E-state index in [1.807, 2.05) is 24.3 Å². The molecule has 0 amide bonds. The molecule has 0 saturated heterocycles. The van der Waals surface area contributed by atoms with Crippen LogP contribution in [0.15, 0.2) is 53.7 Å². The first-order chi connectivity index (χ1) is 13.8. The zero-order valence-electron chi connectivity index (χ0n) is 15.8. The molecule has 0 radical (unpaired) electrons. The van der Waals surface area contributed by atoms with Crippen LogP contribution in [-0.4, -0.2) is 26.3 Å². The van der Waals surface area contributed by atoms with Gasteiger partial charge in [0.05, 0.1) is 5.75 Å². The Kier molecular flexibility index (Phi) is 4.77. The Balaban J connectivity index is 1.36. The number of carbonyl (C=O) groups excluding carboxylic acids is 1. The molecule has 1 fully saturated rings. The van der Waals surface area contributed by atoms with E-state index < -0.39 is 0 Å². The van der Waals surface area contributed by atoms with Crippen molar-refractivity contribution in [1.29, 1.82) is 0 Å². The molecule has 0 N–H and O–H groups in total. The topological polar surface area (TPSA) is 47.8 Å². The first-order valence-electron chi connectivity index (χ1n) is 10.1. The highest BCUT2D eigenvalue weighted by Crippen LogP contribution is 2.41. The molecular formula is C23H23N3OS. The average molecular weight is 390 g/mol. The molecule has 0 aliphatic heterocycles. The molecule has 142 valence electrons. The lowest BCUT2D eigenvalue weighted by atomic mass is 9.90. The van der Waals surface area contributed by atoms with Gasteiger partial charge in [0.2, 0.25) is 0 Å². The van der Waals surface area contributed by atoms with E-state index in [1.165, 1.54) is 48.6 Å². The molecule has 2 aromatic carbocycles. The van der Waals surface area contributed by atoms with Crippen LogP contribution in [0.25, 0.3) is 5.69 Å². The van der Waals surface area contributed by atoms with E-state index in [0.29, 0.717) is 11.7 Å². The smallest absolute Gasteiger partial charge is 0.196 e. The van der Waals surface area contributed by atoms with Crippen LogP contribution in [0.3, 0.4) is 0 Å². The molecule has 4 nitrogen and oxygen atoms in total.